The van der Waals surface area contributed by atoms with Crippen LogP contribution in [0, 0.1) is 0 Å². The Kier molecular flexibility index (Phi) is 6.36. The van der Waals surface area contributed by atoms with Gasteiger partial charge in [-0.25, -0.2) is 4.79 Å². The van der Waals surface area contributed by atoms with Crippen LogP contribution in [0.25, 0.3) is 0 Å². The molecule has 0 amide bonds. The maximum absolute atomic E-state index is 10.7. The monoisotopic (exact) mass is 249 g/mol. The molecule has 0 aliphatic carbocycles. The van der Waals surface area contributed by atoms with Crippen LogP contribution >= 0.6 is 11.8 Å². The van der Waals surface area contributed by atoms with Gasteiger partial charge in [-0.3, -0.25) is 0 Å². The van der Waals surface area contributed by atoms with E-state index in [0.29, 0.717) is 6.54 Å². The number of carboxylic acid groups (broad SMARTS) is 1. The molecule has 0 bridgehead atoms. The van der Waals surface area contributed by atoms with Crippen LogP contribution < -0.4 is 5.32 Å². The average Bonchev–Trinajstić information content (AvgIpc) is 2.25. The quantitative estimate of drug-likeness (QED) is 0.605. The van der Waals surface area contributed by atoms with Crippen molar-refractivity contribution in [1.82, 2.24) is 5.32 Å². The lowest BCUT2D eigenvalue weighted by Gasteiger charge is -2.31. The molecule has 0 aromatic heterocycles. The maximum atomic E-state index is 10.7. The van der Waals surface area contributed by atoms with Crippen LogP contribution in [0.15, 0.2) is 0 Å². The first kappa shape index (κ1) is 15.7. The SMILES string of the molecule is CCC(CC)(CNCC(C)(O)C(=O)O)SC. The molecular weight excluding hydrogens is 226 g/mol. The molecule has 1 atom stereocenters. The number of nitrogens with one attached hydrogen (secondary N) is 1. The fourth-order valence-corrected chi connectivity index (χ4v) is 2.29. The standard InChI is InChI=1S/C11H23NO3S/c1-5-11(6-2,16-4)8-12-7-10(3,15)9(13)14/h12,15H,5-8H2,1-4H3,(H,13,14). The zero-order valence-corrected chi connectivity index (χ0v) is 11.4. The van der Waals surface area contributed by atoms with Gasteiger partial charge >= 0.3 is 5.97 Å². The molecular formula is C11H23NO3S. The summed E-state index contributed by atoms with van der Waals surface area (Å²) >= 11 is 1.78. The lowest BCUT2D eigenvalue weighted by molar-refractivity contribution is -0.156. The zero-order valence-electron chi connectivity index (χ0n) is 10.5. The van der Waals surface area contributed by atoms with Crippen LogP contribution in [-0.4, -0.2) is 45.9 Å². The minimum absolute atomic E-state index is 0.0741. The summed E-state index contributed by atoms with van der Waals surface area (Å²) < 4.78 is 0.134. The molecule has 4 nitrogen and oxygen atoms in total. The Morgan fingerprint density at radius 2 is 1.81 bits per heavy atom. The number of carbonyl (C=O) groups is 1. The first-order valence-corrected chi connectivity index (χ1v) is 6.77. The van der Waals surface area contributed by atoms with Gasteiger partial charge in [0.05, 0.1) is 0 Å². The van der Waals surface area contributed by atoms with Gasteiger partial charge in [-0.15, -0.1) is 0 Å². The van der Waals surface area contributed by atoms with Crippen LogP contribution in [-0.2, 0) is 4.79 Å². The topological polar surface area (TPSA) is 69.6 Å². The number of thioether (sulfide) groups is 1. The van der Waals surface area contributed by atoms with E-state index >= 15 is 0 Å². The second-order valence-electron chi connectivity index (χ2n) is 4.28. The molecule has 0 heterocycles. The zero-order chi connectivity index (χ0) is 12.8. The molecule has 0 aromatic carbocycles. The smallest absolute Gasteiger partial charge is 0.336 e. The van der Waals surface area contributed by atoms with Crippen molar-refractivity contribution in [2.75, 3.05) is 19.3 Å². The second-order valence-corrected chi connectivity index (χ2v) is 5.55. The van der Waals surface area contributed by atoms with E-state index in [1.54, 1.807) is 11.8 Å². The number of hydrogen-bond acceptors (Lipinski definition) is 4. The van der Waals surface area contributed by atoms with E-state index in [4.69, 9.17) is 5.11 Å². The van der Waals surface area contributed by atoms with E-state index in [-0.39, 0.29) is 11.3 Å². The molecule has 3 N–H and O–H groups in total. The fraction of sp³-hybridized carbons (Fsp3) is 0.909. The highest BCUT2D eigenvalue weighted by Gasteiger charge is 2.31. The third kappa shape index (κ3) is 4.31. The van der Waals surface area contributed by atoms with Gasteiger partial charge in [0.2, 0.25) is 0 Å². The van der Waals surface area contributed by atoms with Crippen molar-refractivity contribution in [3.05, 3.63) is 0 Å². The predicted molar refractivity (Wildman–Crippen MR) is 68.0 cm³/mol. The van der Waals surface area contributed by atoms with Crippen molar-refractivity contribution in [2.24, 2.45) is 0 Å². The number of carboxylic acids is 1. The van der Waals surface area contributed by atoms with Gasteiger partial charge in [0, 0.05) is 17.8 Å². The molecule has 0 saturated carbocycles. The first-order chi connectivity index (χ1) is 7.33. The van der Waals surface area contributed by atoms with Gasteiger partial charge in [0.15, 0.2) is 5.60 Å². The van der Waals surface area contributed by atoms with Gasteiger partial charge in [-0.1, -0.05) is 13.8 Å². The molecule has 96 valence electrons. The van der Waals surface area contributed by atoms with E-state index in [9.17, 15) is 9.90 Å². The van der Waals surface area contributed by atoms with Crippen molar-refractivity contribution in [3.63, 3.8) is 0 Å². The van der Waals surface area contributed by atoms with Crippen LogP contribution in [0.5, 0.6) is 0 Å². The molecule has 0 aliphatic heterocycles. The summed E-state index contributed by atoms with van der Waals surface area (Å²) in [5, 5.41) is 21.3. The van der Waals surface area contributed by atoms with Gasteiger partial charge in [-0.05, 0) is 26.0 Å². The van der Waals surface area contributed by atoms with E-state index in [2.05, 4.69) is 25.4 Å². The fourth-order valence-electron chi connectivity index (χ4n) is 1.47. The number of hydrogen-bond donors (Lipinski definition) is 3. The van der Waals surface area contributed by atoms with E-state index < -0.39 is 11.6 Å². The summed E-state index contributed by atoms with van der Waals surface area (Å²) in [6.07, 6.45) is 4.10. The minimum Gasteiger partial charge on any atom is -0.479 e. The van der Waals surface area contributed by atoms with Crippen LogP contribution in [0.2, 0.25) is 0 Å². The summed E-state index contributed by atoms with van der Waals surface area (Å²) in [6, 6.07) is 0. The molecule has 0 aliphatic rings. The van der Waals surface area contributed by atoms with E-state index in [0.717, 1.165) is 12.8 Å². The van der Waals surface area contributed by atoms with Crippen molar-refractivity contribution in [2.45, 2.75) is 44.0 Å². The molecule has 0 aromatic rings. The largest absolute Gasteiger partial charge is 0.479 e. The Morgan fingerprint density at radius 3 is 2.12 bits per heavy atom. The summed E-state index contributed by atoms with van der Waals surface area (Å²) in [7, 11) is 0. The molecule has 0 spiro atoms. The number of aliphatic carboxylic acids is 1. The van der Waals surface area contributed by atoms with E-state index in [1.165, 1.54) is 6.92 Å². The van der Waals surface area contributed by atoms with Gasteiger partial charge < -0.3 is 15.5 Å². The Bertz CT molecular complexity index is 219. The summed E-state index contributed by atoms with van der Waals surface area (Å²) in [6.45, 7) is 6.34. The predicted octanol–water partition coefficient (Wildman–Crippen LogP) is 1.33. The Labute approximate surface area is 102 Å². The third-order valence-corrected chi connectivity index (χ3v) is 4.69. The molecule has 0 saturated heterocycles. The lowest BCUT2D eigenvalue weighted by Crippen LogP contribution is -2.48. The Hall–Kier alpha value is -0.260. The first-order valence-electron chi connectivity index (χ1n) is 5.55. The normalized spacial score (nSPS) is 15.8. The van der Waals surface area contributed by atoms with Crippen LogP contribution in [0.1, 0.15) is 33.6 Å². The van der Waals surface area contributed by atoms with Crippen molar-refractivity contribution < 1.29 is 15.0 Å². The van der Waals surface area contributed by atoms with Crippen LogP contribution in [0.4, 0.5) is 0 Å². The number of rotatable bonds is 8. The highest BCUT2D eigenvalue weighted by molar-refractivity contribution is 8.00. The summed E-state index contributed by atoms with van der Waals surface area (Å²) in [4.78, 5) is 10.7. The van der Waals surface area contributed by atoms with Crippen LogP contribution in [0.3, 0.4) is 0 Å². The molecule has 0 radical (unpaired) electrons. The van der Waals surface area contributed by atoms with Crippen molar-refractivity contribution in [3.8, 4) is 0 Å². The molecule has 1 unspecified atom stereocenters. The molecule has 16 heavy (non-hydrogen) atoms. The number of aliphatic hydroxyl groups is 1. The molecule has 0 fully saturated rings. The minimum atomic E-state index is -1.69. The Balaban J connectivity index is 4.19. The van der Waals surface area contributed by atoms with Crippen molar-refractivity contribution in [1.29, 1.82) is 0 Å². The highest BCUT2D eigenvalue weighted by Crippen LogP contribution is 2.29. The van der Waals surface area contributed by atoms with E-state index in [1.807, 2.05) is 0 Å². The lowest BCUT2D eigenvalue weighted by atomic mass is 10.0. The third-order valence-electron chi connectivity index (χ3n) is 3.10. The second kappa shape index (κ2) is 6.47. The maximum Gasteiger partial charge on any atom is 0.336 e. The Morgan fingerprint density at radius 1 is 1.31 bits per heavy atom. The molecule has 0 rings (SSSR count). The average molecular weight is 249 g/mol. The summed E-state index contributed by atoms with van der Waals surface area (Å²) in [5.41, 5.74) is -1.69. The van der Waals surface area contributed by atoms with Gasteiger partial charge in [0.1, 0.15) is 0 Å². The van der Waals surface area contributed by atoms with Gasteiger partial charge in [0.25, 0.3) is 0 Å². The molecule has 5 heteroatoms. The van der Waals surface area contributed by atoms with Crippen molar-refractivity contribution >= 4 is 17.7 Å². The highest BCUT2D eigenvalue weighted by atomic mass is 32.2. The summed E-state index contributed by atoms with van der Waals surface area (Å²) in [5.74, 6) is -1.19. The van der Waals surface area contributed by atoms with Gasteiger partial charge in [-0.2, -0.15) is 11.8 Å².